The lowest BCUT2D eigenvalue weighted by atomic mass is 9.99. The van der Waals surface area contributed by atoms with Gasteiger partial charge in [-0.05, 0) is 63.1 Å². The van der Waals surface area contributed by atoms with Crippen LogP contribution < -0.4 is 0 Å². The van der Waals surface area contributed by atoms with Gasteiger partial charge in [0.1, 0.15) is 11.4 Å². The topological polar surface area (TPSA) is 54.8 Å². The molecule has 202 valence electrons. The number of fused-ring (bicyclic) bond motifs is 1. The molecule has 39 heavy (non-hydrogen) atoms. The Morgan fingerprint density at radius 2 is 1.49 bits per heavy atom. The maximum Gasteiger partial charge on any atom is 0.410 e. The molecule has 0 atom stereocenters. The van der Waals surface area contributed by atoms with Gasteiger partial charge in [-0.2, -0.15) is 0 Å². The van der Waals surface area contributed by atoms with Crippen LogP contribution in [0.1, 0.15) is 48.0 Å². The number of para-hydroxylation sites is 2. The van der Waals surface area contributed by atoms with Gasteiger partial charge in [0.15, 0.2) is 0 Å². The Labute approximate surface area is 228 Å². The summed E-state index contributed by atoms with van der Waals surface area (Å²) in [5.74, 6) is -0.352. The largest absolute Gasteiger partial charge is 0.444 e. The molecule has 2 heterocycles. The second-order valence-electron chi connectivity index (χ2n) is 11.0. The number of amides is 2. The number of carbonyl (C=O) groups is 2. The summed E-state index contributed by atoms with van der Waals surface area (Å²) >= 11 is 0. The van der Waals surface area contributed by atoms with Crippen LogP contribution in [-0.2, 0) is 11.2 Å². The highest BCUT2D eigenvalue weighted by molar-refractivity contribution is 6.09. The molecule has 1 aliphatic rings. The number of benzene rings is 3. The van der Waals surface area contributed by atoms with Gasteiger partial charge >= 0.3 is 6.09 Å². The van der Waals surface area contributed by atoms with E-state index in [0.717, 1.165) is 27.8 Å². The number of carbonyl (C=O) groups excluding carboxylic acids is 2. The van der Waals surface area contributed by atoms with Gasteiger partial charge in [-0.25, -0.2) is 9.18 Å². The van der Waals surface area contributed by atoms with Crippen molar-refractivity contribution in [3.8, 4) is 5.69 Å². The Bertz CT molecular complexity index is 1510. The van der Waals surface area contributed by atoms with Crippen molar-refractivity contribution in [2.45, 2.75) is 39.7 Å². The minimum atomic E-state index is -0.576. The van der Waals surface area contributed by atoms with Gasteiger partial charge in [0.05, 0.1) is 11.1 Å². The molecule has 3 aromatic carbocycles. The van der Waals surface area contributed by atoms with Crippen LogP contribution in [0.2, 0.25) is 0 Å². The van der Waals surface area contributed by atoms with Crippen LogP contribution in [0, 0.1) is 12.7 Å². The van der Waals surface area contributed by atoms with Gasteiger partial charge in [0, 0.05) is 49.4 Å². The fourth-order valence-electron chi connectivity index (χ4n) is 5.17. The Balaban J connectivity index is 1.56. The second-order valence-corrected chi connectivity index (χ2v) is 11.0. The van der Waals surface area contributed by atoms with Crippen LogP contribution in [0.15, 0.2) is 72.8 Å². The lowest BCUT2D eigenvalue weighted by Gasteiger charge is -2.35. The van der Waals surface area contributed by atoms with Gasteiger partial charge in [-0.3, -0.25) is 4.79 Å². The fraction of sp³-hybridized carbons (Fsp3) is 0.312. The van der Waals surface area contributed by atoms with Crippen LogP contribution >= 0.6 is 0 Å². The van der Waals surface area contributed by atoms with Crippen LogP contribution in [0.25, 0.3) is 16.6 Å². The first-order chi connectivity index (χ1) is 18.6. The highest BCUT2D eigenvalue weighted by atomic mass is 19.1. The molecule has 1 fully saturated rings. The molecule has 0 N–H and O–H groups in total. The third-order valence-corrected chi connectivity index (χ3v) is 7.16. The number of rotatable bonds is 4. The standard InChI is InChI=1S/C32H34FN3O3/c1-22-23(11-10-15-26(22)33)21-28-29(25-14-8-9-16-27(25)36(28)24-12-6-5-7-13-24)30(37)34-17-19-35(20-18-34)31(38)39-32(2,3)4/h5-16H,17-21H2,1-4H3. The highest BCUT2D eigenvalue weighted by Crippen LogP contribution is 2.33. The first-order valence-electron chi connectivity index (χ1n) is 13.3. The molecule has 0 bridgehead atoms. The lowest BCUT2D eigenvalue weighted by Crippen LogP contribution is -2.51. The molecule has 0 unspecified atom stereocenters. The summed E-state index contributed by atoms with van der Waals surface area (Å²) in [7, 11) is 0. The maximum atomic E-state index is 14.5. The van der Waals surface area contributed by atoms with E-state index < -0.39 is 5.60 Å². The molecule has 0 aliphatic carbocycles. The number of hydrogen-bond donors (Lipinski definition) is 0. The molecular weight excluding hydrogens is 493 g/mol. The molecular formula is C32H34FN3O3. The van der Waals surface area contributed by atoms with Crippen LogP contribution in [0.5, 0.6) is 0 Å². The number of halogens is 1. The van der Waals surface area contributed by atoms with Crippen molar-refractivity contribution in [3.63, 3.8) is 0 Å². The molecule has 2 amide bonds. The minimum absolute atomic E-state index is 0.0891. The fourth-order valence-corrected chi connectivity index (χ4v) is 5.17. The normalized spacial score (nSPS) is 14.1. The summed E-state index contributed by atoms with van der Waals surface area (Å²) in [6.07, 6.45) is 0.0316. The van der Waals surface area contributed by atoms with Crippen LogP contribution in [-0.4, -0.2) is 58.1 Å². The number of ether oxygens (including phenoxy) is 1. The summed E-state index contributed by atoms with van der Waals surface area (Å²) in [6, 6.07) is 22.9. The van der Waals surface area contributed by atoms with Crippen molar-refractivity contribution >= 4 is 22.9 Å². The van der Waals surface area contributed by atoms with E-state index in [1.165, 1.54) is 6.07 Å². The zero-order valence-electron chi connectivity index (χ0n) is 22.9. The van der Waals surface area contributed by atoms with Gasteiger partial charge in [-0.15, -0.1) is 0 Å². The second kappa shape index (κ2) is 10.6. The molecule has 6 nitrogen and oxygen atoms in total. The van der Waals surface area contributed by atoms with Crippen molar-refractivity contribution < 1.29 is 18.7 Å². The van der Waals surface area contributed by atoms with E-state index in [1.807, 2.05) is 81.4 Å². The van der Waals surface area contributed by atoms with E-state index in [4.69, 9.17) is 4.74 Å². The Morgan fingerprint density at radius 1 is 0.846 bits per heavy atom. The minimum Gasteiger partial charge on any atom is -0.444 e. The van der Waals surface area contributed by atoms with E-state index in [0.29, 0.717) is 43.7 Å². The van der Waals surface area contributed by atoms with Gasteiger partial charge in [-0.1, -0.05) is 48.5 Å². The molecule has 1 aliphatic heterocycles. The SMILES string of the molecule is Cc1c(F)cccc1Cc1c(C(=O)N2CCN(C(=O)OC(C)(C)C)CC2)c2ccccc2n1-c1ccccc1. The quantitative estimate of drug-likeness (QED) is 0.310. The van der Waals surface area contributed by atoms with Crippen LogP contribution in [0.3, 0.4) is 0 Å². The summed E-state index contributed by atoms with van der Waals surface area (Å²) in [5.41, 5.74) is 4.12. The van der Waals surface area contributed by atoms with Crippen molar-refractivity contribution in [1.29, 1.82) is 0 Å². The number of piperazine rings is 1. The van der Waals surface area contributed by atoms with Crippen LogP contribution in [0.4, 0.5) is 9.18 Å². The maximum absolute atomic E-state index is 14.5. The average molecular weight is 528 g/mol. The first kappa shape index (κ1) is 26.5. The third kappa shape index (κ3) is 5.39. The zero-order chi connectivity index (χ0) is 27.7. The summed E-state index contributed by atoms with van der Waals surface area (Å²) in [5, 5.41) is 0.852. The average Bonchev–Trinajstić information content (AvgIpc) is 3.24. The highest BCUT2D eigenvalue weighted by Gasteiger charge is 2.31. The molecule has 5 rings (SSSR count). The Morgan fingerprint density at radius 3 is 2.18 bits per heavy atom. The molecule has 1 aromatic heterocycles. The monoisotopic (exact) mass is 527 g/mol. The molecule has 1 saturated heterocycles. The summed E-state index contributed by atoms with van der Waals surface area (Å²) < 4.78 is 22.2. The molecule has 0 spiro atoms. The summed E-state index contributed by atoms with van der Waals surface area (Å²) in [4.78, 5) is 30.3. The lowest BCUT2D eigenvalue weighted by molar-refractivity contribution is 0.0141. The van der Waals surface area contributed by atoms with Crippen molar-refractivity contribution in [2.24, 2.45) is 0 Å². The third-order valence-electron chi connectivity index (χ3n) is 7.16. The molecule has 0 radical (unpaired) electrons. The molecule has 0 saturated carbocycles. The van der Waals surface area contributed by atoms with Gasteiger partial charge < -0.3 is 19.1 Å². The molecule has 4 aromatic rings. The Hall–Kier alpha value is -4.13. The first-order valence-corrected chi connectivity index (χ1v) is 13.3. The predicted molar refractivity (Wildman–Crippen MR) is 151 cm³/mol. The Kier molecular flexibility index (Phi) is 7.17. The van der Waals surface area contributed by atoms with E-state index in [2.05, 4.69) is 4.57 Å². The van der Waals surface area contributed by atoms with Gasteiger partial charge in [0.2, 0.25) is 0 Å². The van der Waals surface area contributed by atoms with E-state index in [1.54, 1.807) is 22.8 Å². The van der Waals surface area contributed by atoms with Crippen molar-refractivity contribution in [1.82, 2.24) is 14.4 Å². The predicted octanol–water partition coefficient (Wildman–Crippen LogP) is 6.36. The molecule has 7 heteroatoms. The van der Waals surface area contributed by atoms with E-state index in [-0.39, 0.29) is 17.8 Å². The van der Waals surface area contributed by atoms with Gasteiger partial charge in [0.25, 0.3) is 5.91 Å². The smallest absolute Gasteiger partial charge is 0.410 e. The zero-order valence-corrected chi connectivity index (χ0v) is 22.9. The number of nitrogens with zero attached hydrogens (tertiary/aromatic N) is 3. The number of hydrogen-bond acceptors (Lipinski definition) is 3. The van der Waals surface area contributed by atoms with E-state index >= 15 is 0 Å². The number of aromatic nitrogens is 1. The van der Waals surface area contributed by atoms with E-state index in [9.17, 15) is 14.0 Å². The van der Waals surface area contributed by atoms with Crippen molar-refractivity contribution in [3.05, 3.63) is 101 Å². The summed E-state index contributed by atoms with van der Waals surface area (Å²) in [6.45, 7) is 8.91. The van der Waals surface area contributed by atoms with Crippen molar-refractivity contribution in [2.75, 3.05) is 26.2 Å².